The number of aliphatic hydroxyl groups excluding tert-OH is 1. The van der Waals surface area contributed by atoms with Gasteiger partial charge < -0.3 is 10.4 Å². The lowest BCUT2D eigenvalue weighted by Crippen LogP contribution is -2.42. The van der Waals surface area contributed by atoms with Gasteiger partial charge in [-0.2, -0.15) is 0 Å². The number of carbonyl (C=O) groups excluding carboxylic acids is 1. The van der Waals surface area contributed by atoms with Gasteiger partial charge in [0.25, 0.3) is 5.91 Å². The molecule has 112 valence electrons. The quantitative estimate of drug-likeness (QED) is 0.782. The molecule has 0 aromatic heterocycles. The predicted molar refractivity (Wildman–Crippen MR) is 88.0 cm³/mol. The van der Waals surface area contributed by atoms with E-state index in [0.717, 1.165) is 22.3 Å². The molecule has 0 fully saturated rings. The van der Waals surface area contributed by atoms with E-state index >= 15 is 0 Å². The van der Waals surface area contributed by atoms with Crippen LogP contribution >= 0.6 is 0 Å². The van der Waals surface area contributed by atoms with Gasteiger partial charge in [0.1, 0.15) is 0 Å². The number of hydrogen-bond acceptors (Lipinski definition) is 2. The van der Waals surface area contributed by atoms with Crippen molar-refractivity contribution in [2.24, 2.45) is 0 Å². The highest BCUT2D eigenvalue weighted by Crippen LogP contribution is 2.35. The summed E-state index contributed by atoms with van der Waals surface area (Å²) in [4.78, 5) is 12.5. The summed E-state index contributed by atoms with van der Waals surface area (Å²) < 4.78 is 0. The maximum absolute atomic E-state index is 12.5. The maximum atomic E-state index is 12.5. The zero-order chi connectivity index (χ0) is 16.5. The summed E-state index contributed by atoms with van der Waals surface area (Å²) in [6.45, 7) is 9.17. The number of carbonyl (C=O) groups is 1. The topological polar surface area (TPSA) is 49.3 Å². The summed E-state index contributed by atoms with van der Waals surface area (Å²) in [5.74, 6) is 10.7. The van der Waals surface area contributed by atoms with Crippen molar-refractivity contribution in [3.8, 4) is 23.7 Å². The van der Waals surface area contributed by atoms with Crippen LogP contribution in [0, 0.1) is 44.5 Å². The van der Waals surface area contributed by atoms with Crippen LogP contribution in [0.1, 0.15) is 36.1 Å². The second kappa shape index (κ2) is 5.62. The molecule has 0 spiro atoms. The zero-order valence-corrected chi connectivity index (χ0v) is 13.5. The van der Waals surface area contributed by atoms with Crippen LogP contribution in [-0.4, -0.2) is 16.6 Å². The lowest BCUT2D eigenvalue weighted by atomic mass is 9.91. The minimum absolute atomic E-state index is 0.115. The van der Waals surface area contributed by atoms with Crippen LogP contribution < -0.4 is 5.32 Å². The Bertz CT molecular complexity index is 764. The van der Waals surface area contributed by atoms with Gasteiger partial charge in [0, 0.05) is 0 Å². The first-order valence-corrected chi connectivity index (χ1v) is 7.08. The maximum Gasteiger partial charge on any atom is 0.257 e. The summed E-state index contributed by atoms with van der Waals surface area (Å²) in [6, 6.07) is 3.99. The van der Waals surface area contributed by atoms with Gasteiger partial charge in [-0.1, -0.05) is 29.5 Å². The molecule has 3 heteroatoms. The molecule has 3 nitrogen and oxygen atoms in total. The average Bonchev–Trinajstić information content (AvgIpc) is 2.63. The smallest absolute Gasteiger partial charge is 0.257 e. The number of amides is 1. The molecule has 1 aliphatic heterocycles. The number of benzene rings is 1. The first kappa shape index (κ1) is 15.7. The number of aliphatic hydroxyl groups is 1. The molecule has 1 aromatic carbocycles. The van der Waals surface area contributed by atoms with Crippen LogP contribution in [0.4, 0.5) is 0 Å². The molecule has 0 radical (unpaired) electrons. The van der Waals surface area contributed by atoms with E-state index in [-0.39, 0.29) is 17.2 Å². The summed E-state index contributed by atoms with van der Waals surface area (Å²) in [7, 11) is 0. The molecule has 0 saturated heterocycles. The van der Waals surface area contributed by atoms with E-state index < -0.39 is 5.54 Å². The van der Waals surface area contributed by atoms with Crippen molar-refractivity contribution in [2.75, 3.05) is 0 Å². The van der Waals surface area contributed by atoms with E-state index in [1.807, 2.05) is 32.9 Å². The van der Waals surface area contributed by atoms with Crippen molar-refractivity contribution < 1.29 is 9.90 Å². The molecule has 0 atom stereocenters. The van der Waals surface area contributed by atoms with Gasteiger partial charge >= 0.3 is 0 Å². The zero-order valence-electron chi connectivity index (χ0n) is 13.5. The first-order chi connectivity index (χ1) is 10.4. The van der Waals surface area contributed by atoms with Crippen LogP contribution in [0.3, 0.4) is 0 Å². The second-order valence-electron chi connectivity index (χ2n) is 5.45. The normalized spacial score (nSPS) is 15.6. The molecule has 1 aliphatic rings. The van der Waals surface area contributed by atoms with E-state index in [1.54, 1.807) is 13.8 Å². The van der Waals surface area contributed by atoms with E-state index in [0.29, 0.717) is 0 Å². The van der Waals surface area contributed by atoms with Gasteiger partial charge in [0.2, 0.25) is 5.54 Å². The summed E-state index contributed by atoms with van der Waals surface area (Å²) in [5, 5.41) is 13.4. The summed E-state index contributed by atoms with van der Waals surface area (Å²) in [5.41, 5.74) is 2.71. The number of rotatable bonds is 1. The molecule has 1 amide bonds. The largest absolute Gasteiger partial charge is 0.507 e. The van der Waals surface area contributed by atoms with E-state index in [1.165, 1.54) is 0 Å². The highest BCUT2D eigenvalue weighted by Gasteiger charge is 2.44. The van der Waals surface area contributed by atoms with E-state index in [2.05, 4.69) is 29.0 Å². The van der Waals surface area contributed by atoms with E-state index in [4.69, 9.17) is 0 Å². The SMILES string of the molecule is CC#CC1(C#CC)NC(=O)C(c2c(C)cc(C)cc2C)=C1O. The molecule has 1 heterocycles. The standard InChI is InChI=1S/C19H19NO2/c1-6-8-19(9-7-2)17(21)16(18(22)20-19)15-13(4)10-12(3)11-14(15)5/h10-11,21H,1-5H3,(H,20,22). The molecule has 2 rings (SSSR count). The molecule has 1 aromatic rings. The van der Waals surface area contributed by atoms with Crippen LogP contribution in [0.5, 0.6) is 0 Å². The lowest BCUT2D eigenvalue weighted by Gasteiger charge is -2.16. The fourth-order valence-corrected chi connectivity index (χ4v) is 2.98. The Hall–Kier alpha value is -2.65. The Morgan fingerprint density at radius 3 is 2.00 bits per heavy atom. The van der Waals surface area contributed by atoms with Crippen molar-refractivity contribution in [3.05, 3.63) is 40.1 Å². The molecule has 0 saturated carbocycles. The third-order valence-corrected chi connectivity index (χ3v) is 3.67. The Kier molecular flexibility index (Phi) is 4.02. The highest BCUT2D eigenvalue weighted by atomic mass is 16.3. The van der Waals surface area contributed by atoms with Crippen molar-refractivity contribution in [1.29, 1.82) is 0 Å². The molecule has 0 aliphatic carbocycles. The Morgan fingerprint density at radius 1 is 1.05 bits per heavy atom. The fraction of sp³-hybridized carbons (Fsp3) is 0.316. The van der Waals surface area contributed by atoms with Gasteiger partial charge in [0.15, 0.2) is 5.76 Å². The third kappa shape index (κ3) is 2.36. The van der Waals surface area contributed by atoms with Gasteiger partial charge in [-0.25, -0.2) is 0 Å². The van der Waals surface area contributed by atoms with Gasteiger partial charge in [-0.3, -0.25) is 4.79 Å². The number of nitrogens with one attached hydrogen (secondary N) is 1. The molecule has 0 bridgehead atoms. The summed E-state index contributed by atoms with van der Waals surface area (Å²) in [6.07, 6.45) is 0. The summed E-state index contributed by atoms with van der Waals surface area (Å²) >= 11 is 0. The first-order valence-electron chi connectivity index (χ1n) is 7.08. The van der Waals surface area contributed by atoms with Crippen molar-refractivity contribution in [2.45, 2.75) is 40.2 Å². The Labute approximate surface area is 131 Å². The molecule has 2 N–H and O–H groups in total. The number of hydrogen-bond donors (Lipinski definition) is 2. The second-order valence-corrected chi connectivity index (χ2v) is 5.45. The van der Waals surface area contributed by atoms with Gasteiger partial charge in [-0.15, -0.1) is 11.8 Å². The predicted octanol–water partition coefficient (Wildman–Crippen LogP) is 2.80. The lowest BCUT2D eigenvalue weighted by molar-refractivity contribution is -0.115. The number of aryl methyl sites for hydroxylation is 3. The van der Waals surface area contributed by atoms with Crippen LogP contribution in [0.15, 0.2) is 17.9 Å². The van der Waals surface area contributed by atoms with Crippen molar-refractivity contribution in [1.82, 2.24) is 5.32 Å². The third-order valence-electron chi connectivity index (χ3n) is 3.67. The molecular weight excluding hydrogens is 274 g/mol. The fourth-order valence-electron chi connectivity index (χ4n) is 2.98. The minimum Gasteiger partial charge on any atom is -0.507 e. The Balaban J connectivity index is 2.78. The van der Waals surface area contributed by atoms with Gasteiger partial charge in [-0.05, 0) is 51.3 Å². The van der Waals surface area contributed by atoms with Gasteiger partial charge in [0.05, 0.1) is 5.57 Å². The molecule has 0 unspecified atom stereocenters. The van der Waals surface area contributed by atoms with Crippen molar-refractivity contribution in [3.63, 3.8) is 0 Å². The van der Waals surface area contributed by atoms with Crippen LogP contribution in [0.2, 0.25) is 0 Å². The average molecular weight is 293 g/mol. The van der Waals surface area contributed by atoms with Crippen molar-refractivity contribution >= 4 is 11.5 Å². The van der Waals surface area contributed by atoms with Crippen LogP contribution in [-0.2, 0) is 4.79 Å². The monoisotopic (exact) mass is 293 g/mol. The minimum atomic E-state index is -1.31. The van der Waals surface area contributed by atoms with E-state index in [9.17, 15) is 9.90 Å². The molecular formula is C19H19NO2. The van der Waals surface area contributed by atoms with Crippen LogP contribution in [0.25, 0.3) is 5.57 Å². The highest BCUT2D eigenvalue weighted by molar-refractivity contribution is 6.24. The molecule has 22 heavy (non-hydrogen) atoms. The Morgan fingerprint density at radius 2 is 1.55 bits per heavy atom.